The number of esters is 2. The molecule has 0 saturated carbocycles. The Morgan fingerprint density at radius 1 is 0.457 bits per heavy atom. The van der Waals surface area contributed by atoms with Gasteiger partial charge in [0.2, 0.25) is 46.6 Å². The van der Waals surface area contributed by atoms with Crippen LogP contribution in [0.25, 0.3) is 11.1 Å². The van der Waals surface area contributed by atoms with Gasteiger partial charge in [-0.15, -0.1) is 0 Å². The molecule has 8 aromatic rings. The van der Waals surface area contributed by atoms with E-state index in [1.165, 1.54) is 19.1 Å². The molecular formula is C69H64F5N5O13. The molecule has 0 aliphatic carbocycles. The zero-order valence-electron chi connectivity index (χ0n) is 49.5. The van der Waals surface area contributed by atoms with Crippen molar-refractivity contribution in [3.63, 3.8) is 0 Å². The van der Waals surface area contributed by atoms with Crippen LogP contribution in [-0.2, 0) is 79.3 Å². The Morgan fingerprint density at radius 2 is 0.859 bits per heavy atom. The molecule has 7 N–H and O–H groups in total. The number of alkyl carbamates (subject to hydrolysis) is 2. The van der Waals surface area contributed by atoms with Crippen LogP contribution in [0.5, 0.6) is 17.2 Å². The molecule has 0 heterocycles. The third kappa shape index (κ3) is 19.7. The Labute approximate surface area is 525 Å². The summed E-state index contributed by atoms with van der Waals surface area (Å²) >= 11 is 0. The summed E-state index contributed by atoms with van der Waals surface area (Å²) < 4.78 is 107. The summed E-state index contributed by atoms with van der Waals surface area (Å²) in [6.07, 6.45) is -4.87. The van der Waals surface area contributed by atoms with Crippen molar-refractivity contribution in [1.82, 2.24) is 21.3 Å². The van der Waals surface area contributed by atoms with Crippen LogP contribution in [0.15, 0.2) is 188 Å². The highest BCUT2D eigenvalue weighted by Gasteiger charge is 2.34. The molecule has 0 radical (unpaired) electrons. The van der Waals surface area contributed by atoms with Gasteiger partial charge in [-0.1, -0.05) is 164 Å². The highest BCUT2D eigenvalue weighted by atomic mass is 19.2. The lowest BCUT2D eigenvalue weighted by Gasteiger charge is -2.24. The maximum atomic E-state index is 15.1. The zero-order valence-corrected chi connectivity index (χ0v) is 49.5. The number of aliphatic hydroxyl groups is 1. The standard InChI is InChI=1S/C69H64F5N5O13/c1-42(66(83)89-39-45-21-11-4-12-22-45)77-65(82)54(78-64(81)53(75)35-52(80)36-76-68(85)90-40-46-23-13-5-14-24-46)33-50-31-48(27-29-56(50)87-37-43-17-7-2-8-18-43)49-28-30-57(88-38-44-19-9-3-10-20-44)51(32-49)34-55(79-69(86)91-41-47-25-15-6-16-26-47)67(84)92-63-61(73)59(71)58(70)60(72)62(63)74/h2-32,42,52-55,80H,33-41,75H2,1H3,(H,76,85)(H,77,82)(H,78,81)(H,79,86)/t42-,52+,53-,54-,55-/m0/s1. The Bertz CT molecular complexity index is 3780. The fourth-order valence-corrected chi connectivity index (χ4v) is 9.15. The van der Waals surface area contributed by atoms with E-state index in [1.807, 2.05) is 18.2 Å². The smallest absolute Gasteiger partial charge is 0.408 e. The summed E-state index contributed by atoms with van der Waals surface area (Å²) in [6.45, 7) is 0.491. The lowest BCUT2D eigenvalue weighted by Crippen LogP contribution is -2.55. The maximum absolute atomic E-state index is 15.1. The molecule has 478 valence electrons. The van der Waals surface area contributed by atoms with Crippen molar-refractivity contribution in [2.75, 3.05) is 6.54 Å². The molecule has 8 rings (SSSR count). The molecule has 0 unspecified atom stereocenters. The monoisotopic (exact) mass is 1270 g/mol. The summed E-state index contributed by atoms with van der Waals surface area (Å²) in [5.41, 5.74) is 10.9. The van der Waals surface area contributed by atoms with Crippen molar-refractivity contribution in [2.45, 2.75) is 89.5 Å². The number of carbonyl (C=O) groups is 6. The molecule has 0 aliphatic heterocycles. The van der Waals surface area contributed by atoms with Crippen molar-refractivity contribution < 1.29 is 84.2 Å². The van der Waals surface area contributed by atoms with Crippen molar-refractivity contribution in [2.24, 2.45) is 5.73 Å². The maximum Gasteiger partial charge on any atom is 0.408 e. The highest BCUT2D eigenvalue weighted by Crippen LogP contribution is 2.34. The van der Waals surface area contributed by atoms with E-state index in [1.54, 1.807) is 158 Å². The minimum Gasteiger partial charge on any atom is -0.489 e. The van der Waals surface area contributed by atoms with Gasteiger partial charge in [0.15, 0.2) is 0 Å². The van der Waals surface area contributed by atoms with Crippen LogP contribution in [0.3, 0.4) is 0 Å². The van der Waals surface area contributed by atoms with Crippen LogP contribution in [-0.4, -0.2) is 77.9 Å². The molecule has 0 fully saturated rings. The van der Waals surface area contributed by atoms with Crippen molar-refractivity contribution in [1.29, 1.82) is 0 Å². The Kier molecular flexibility index (Phi) is 24.3. The molecule has 5 atom stereocenters. The first kappa shape index (κ1) is 67.3. The average molecular weight is 1270 g/mol. The molecule has 92 heavy (non-hydrogen) atoms. The molecule has 0 spiro atoms. The fraction of sp³-hybridized carbons (Fsp3) is 0.217. The summed E-state index contributed by atoms with van der Waals surface area (Å²) in [4.78, 5) is 82.2. The third-order valence-electron chi connectivity index (χ3n) is 14.1. The van der Waals surface area contributed by atoms with Gasteiger partial charge in [-0.25, -0.2) is 32.3 Å². The normalized spacial score (nSPS) is 12.6. The summed E-state index contributed by atoms with van der Waals surface area (Å²) in [6, 6.07) is 47.1. The van der Waals surface area contributed by atoms with Crippen molar-refractivity contribution in [3.05, 3.63) is 256 Å². The van der Waals surface area contributed by atoms with Crippen molar-refractivity contribution in [3.8, 4) is 28.4 Å². The highest BCUT2D eigenvalue weighted by molar-refractivity contribution is 5.92. The van der Waals surface area contributed by atoms with E-state index in [0.717, 1.165) is 11.1 Å². The lowest BCUT2D eigenvalue weighted by atomic mass is 9.95. The second-order valence-corrected chi connectivity index (χ2v) is 21.0. The second-order valence-electron chi connectivity index (χ2n) is 21.0. The van der Waals surface area contributed by atoms with Gasteiger partial charge in [-0.05, 0) is 87.7 Å². The number of aliphatic hydroxyl groups excluding tert-OH is 1. The first-order chi connectivity index (χ1) is 44.4. The Balaban J connectivity index is 1.12. The molecule has 0 aromatic heterocycles. The Hall–Kier alpha value is -10.7. The minimum absolute atomic E-state index is 0.0121. The molecule has 0 bridgehead atoms. The van der Waals surface area contributed by atoms with Gasteiger partial charge in [-0.2, -0.15) is 8.78 Å². The lowest BCUT2D eigenvalue weighted by molar-refractivity contribution is -0.148. The van der Waals surface area contributed by atoms with Crippen LogP contribution < -0.4 is 41.2 Å². The van der Waals surface area contributed by atoms with Crippen LogP contribution in [0, 0.1) is 29.1 Å². The van der Waals surface area contributed by atoms with E-state index >= 15 is 8.78 Å². The van der Waals surface area contributed by atoms with Gasteiger partial charge < -0.3 is 60.5 Å². The number of hydrogen-bond acceptors (Lipinski definition) is 14. The molecule has 0 saturated heterocycles. The number of ether oxygens (including phenoxy) is 6. The van der Waals surface area contributed by atoms with Crippen LogP contribution >= 0.6 is 0 Å². The zero-order chi connectivity index (χ0) is 65.5. The average Bonchev–Trinajstić information content (AvgIpc) is 0.900. The topological polar surface area (TPSA) is 252 Å². The summed E-state index contributed by atoms with van der Waals surface area (Å²) in [7, 11) is 0. The predicted molar refractivity (Wildman–Crippen MR) is 325 cm³/mol. The van der Waals surface area contributed by atoms with E-state index in [4.69, 9.17) is 34.2 Å². The van der Waals surface area contributed by atoms with E-state index in [0.29, 0.717) is 27.8 Å². The summed E-state index contributed by atoms with van der Waals surface area (Å²) in [5, 5.41) is 20.9. The number of rotatable bonds is 29. The first-order valence-electron chi connectivity index (χ1n) is 28.9. The number of amides is 4. The number of nitrogens with two attached hydrogens (primary N) is 1. The van der Waals surface area contributed by atoms with Crippen LogP contribution in [0.2, 0.25) is 0 Å². The number of halogens is 5. The molecule has 23 heteroatoms. The van der Waals surface area contributed by atoms with Gasteiger partial charge in [-0.3, -0.25) is 9.59 Å². The molecular weight excluding hydrogens is 1200 g/mol. The number of hydrogen-bond donors (Lipinski definition) is 6. The van der Waals surface area contributed by atoms with Crippen LogP contribution in [0.4, 0.5) is 31.5 Å². The van der Waals surface area contributed by atoms with Gasteiger partial charge in [0.05, 0.1) is 12.1 Å². The largest absolute Gasteiger partial charge is 0.489 e. The summed E-state index contributed by atoms with van der Waals surface area (Å²) in [5.74, 6) is -18.1. The number of nitrogens with one attached hydrogen (secondary N) is 4. The van der Waals surface area contributed by atoms with E-state index < -0.39 is 114 Å². The molecule has 8 aromatic carbocycles. The van der Waals surface area contributed by atoms with Gasteiger partial charge in [0.25, 0.3) is 0 Å². The molecule has 0 aliphatic rings. The van der Waals surface area contributed by atoms with Crippen molar-refractivity contribution >= 4 is 35.9 Å². The predicted octanol–water partition coefficient (Wildman–Crippen LogP) is 9.93. The van der Waals surface area contributed by atoms with Gasteiger partial charge >= 0.3 is 24.1 Å². The molecule has 18 nitrogen and oxygen atoms in total. The quantitative estimate of drug-likeness (QED) is 0.00638. The van der Waals surface area contributed by atoms with Crippen LogP contribution in [0.1, 0.15) is 52.3 Å². The SMILES string of the molecule is C[C@H](NC(=O)[C@H](Cc1cc(-c2ccc(OCc3ccccc3)c(C[C@H](NC(=O)OCc3ccccc3)C(=O)Oc3c(F)c(F)c(F)c(F)c3F)c2)ccc1OCc1ccccc1)NC(=O)[C@@H](N)C[C@@H](O)CNC(=O)OCc1ccccc1)C(=O)OCc1ccccc1. The van der Waals surface area contributed by atoms with E-state index in [9.17, 15) is 47.0 Å². The second kappa shape index (κ2) is 33.3. The minimum atomic E-state index is -2.51. The first-order valence-corrected chi connectivity index (χ1v) is 28.9. The number of benzene rings is 8. The van der Waals surface area contributed by atoms with Gasteiger partial charge in [0.1, 0.15) is 62.7 Å². The fourth-order valence-electron chi connectivity index (χ4n) is 9.15. The molecule has 4 amide bonds. The van der Waals surface area contributed by atoms with E-state index in [-0.39, 0.29) is 68.6 Å². The van der Waals surface area contributed by atoms with E-state index in [2.05, 4.69) is 21.3 Å². The third-order valence-corrected chi connectivity index (χ3v) is 14.1. The van der Waals surface area contributed by atoms with Gasteiger partial charge in [0, 0.05) is 19.4 Å². The Morgan fingerprint density at radius 3 is 1.32 bits per heavy atom. The number of carbonyl (C=O) groups excluding carboxylic acids is 6.